The van der Waals surface area contributed by atoms with E-state index in [0.717, 1.165) is 19.3 Å². The molecule has 0 bridgehead atoms. The van der Waals surface area contributed by atoms with E-state index in [9.17, 15) is 13.2 Å². The molecule has 21 heavy (non-hydrogen) atoms. The van der Waals surface area contributed by atoms with Crippen molar-refractivity contribution >= 4 is 27.8 Å². The summed E-state index contributed by atoms with van der Waals surface area (Å²) in [5.41, 5.74) is 0. The maximum absolute atomic E-state index is 12.5. The molecule has 7 heteroatoms. The maximum Gasteiger partial charge on any atom is 0.310 e. The van der Waals surface area contributed by atoms with Crippen molar-refractivity contribution in [2.75, 3.05) is 19.9 Å². The largest absolute Gasteiger partial charge is 0.469 e. The average Bonchev–Trinajstić information content (AvgIpc) is 2.99. The number of nitrogens with one attached hydrogen (secondary N) is 1. The zero-order valence-electron chi connectivity index (χ0n) is 13.3. The normalized spacial score (nSPS) is 23.2. The number of sulfonamides is 1. The van der Waals surface area contributed by atoms with Crippen LogP contribution >= 0.6 is 11.8 Å². The number of esters is 1. The second-order valence-corrected chi connectivity index (χ2v) is 8.82. The number of hydrogen-bond donors (Lipinski definition) is 1. The van der Waals surface area contributed by atoms with Crippen molar-refractivity contribution in [2.24, 2.45) is 5.92 Å². The van der Waals surface area contributed by atoms with E-state index in [1.807, 2.05) is 6.26 Å². The molecule has 0 aliphatic heterocycles. The molecule has 1 fully saturated rings. The number of hydrogen-bond acceptors (Lipinski definition) is 5. The summed E-state index contributed by atoms with van der Waals surface area (Å²) in [6.45, 7) is 4.55. The summed E-state index contributed by atoms with van der Waals surface area (Å²) in [5.74, 6) is -0.940. The molecule has 1 saturated carbocycles. The summed E-state index contributed by atoms with van der Waals surface area (Å²) in [5, 5.41) is -0.654. The average molecular weight is 338 g/mol. The van der Waals surface area contributed by atoms with E-state index in [4.69, 9.17) is 4.74 Å². The summed E-state index contributed by atoms with van der Waals surface area (Å²) in [6, 6.07) is 0. The molecule has 5 nitrogen and oxygen atoms in total. The fourth-order valence-corrected chi connectivity index (χ4v) is 5.65. The van der Waals surface area contributed by atoms with Gasteiger partial charge in [-0.15, -0.1) is 0 Å². The van der Waals surface area contributed by atoms with Crippen molar-refractivity contribution < 1.29 is 17.9 Å². The predicted molar refractivity (Wildman–Crippen MR) is 86.9 cm³/mol. The van der Waals surface area contributed by atoms with Crippen LogP contribution in [0.2, 0.25) is 0 Å². The fraction of sp³-hybridized carbons (Fsp3) is 0.929. The molecule has 0 radical (unpaired) electrons. The van der Waals surface area contributed by atoms with Gasteiger partial charge in [-0.3, -0.25) is 4.79 Å². The van der Waals surface area contributed by atoms with E-state index in [2.05, 4.69) is 18.6 Å². The van der Waals surface area contributed by atoms with Crippen molar-refractivity contribution in [3.63, 3.8) is 0 Å². The molecule has 124 valence electrons. The highest BCUT2D eigenvalue weighted by molar-refractivity contribution is 8.00. The van der Waals surface area contributed by atoms with Gasteiger partial charge in [0.25, 0.3) is 0 Å². The standard InChI is InChI=1S/C14H27NO4S2/c1-5-14(6-2,20-4)10-15-21(17,18)12-9-7-8-11(12)13(16)19-3/h11-12,15H,5-10H2,1-4H3. The van der Waals surface area contributed by atoms with Crippen molar-refractivity contribution in [3.8, 4) is 0 Å². The van der Waals surface area contributed by atoms with Crippen LogP contribution in [0, 0.1) is 5.92 Å². The number of ether oxygens (including phenoxy) is 1. The third kappa shape index (κ3) is 4.36. The van der Waals surface area contributed by atoms with Crippen LogP contribution in [0.3, 0.4) is 0 Å². The number of thioether (sulfide) groups is 1. The van der Waals surface area contributed by atoms with Crippen molar-refractivity contribution in [2.45, 2.75) is 55.9 Å². The minimum atomic E-state index is -3.49. The Kier molecular flexibility index (Phi) is 7.00. The zero-order valence-corrected chi connectivity index (χ0v) is 15.0. The lowest BCUT2D eigenvalue weighted by molar-refractivity contribution is -0.145. The SMILES string of the molecule is CCC(CC)(CNS(=O)(=O)C1CCCC1C(=O)OC)SC. The summed E-state index contributed by atoms with van der Waals surface area (Å²) in [7, 11) is -2.18. The molecule has 1 N–H and O–H groups in total. The molecule has 2 atom stereocenters. The highest BCUT2D eigenvalue weighted by Crippen LogP contribution is 2.33. The van der Waals surface area contributed by atoms with Gasteiger partial charge in [-0.05, 0) is 31.9 Å². The fourth-order valence-electron chi connectivity index (χ4n) is 2.92. The van der Waals surface area contributed by atoms with Crippen LogP contribution in [0.5, 0.6) is 0 Å². The lowest BCUT2D eigenvalue weighted by Crippen LogP contribution is -2.45. The molecule has 1 aliphatic carbocycles. The van der Waals surface area contributed by atoms with Crippen LogP contribution < -0.4 is 4.72 Å². The third-order valence-corrected chi connectivity index (χ3v) is 8.17. The molecule has 0 aromatic carbocycles. The van der Waals surface area contributed by atoms with Crippen LogP contribution in [-0.2, 0) is 19.6 Å². The maximum atomic E-state index is 12.5. The molecule has 0 aromatic rings. The highest BCUT2D eigenvalue weighted by Gasteiger charge is 2.42. The Bertz CT molecular complexity index is 438. The van der Waals surface area contributed by atoms with E-state index in [-0.39, 0.29) is 4.75 Å². The molecule has 0 amide bonds. The monoisotopic (exact) mass is 337 g/mol. The molecule has 0 aromatic heterocycles. The van der Waals surface area contributed by atoms with Gasteiger partial charge >= 0.3 is 5.97 Å². The summed E-state index contributed by atoms with van der Waals surface area (Å²) >= 11 is 1.69. The molecule has 0 spiro atoms. The number of carbonyl (C=O) groups excluding carboxylic acids is 1. The lowest BCUT2D eigenvalue weighted by atomic mass is 10.0. The number of methoxy groups -OCH3 is 1. The van der Waals surface area contributed by atoms with E-state index >= 15 is 0 Å². The van der Waals surface area contributed by atoms with Gasteiger partial charge in [-0.1, -0.05) is 20.3 Å². The smallest absolute Gasteiger partial charge is 0.310 e. The Labute approximate surface area is 132 Å². The Morgan fingerprint density at radius 3 is 2.43 bits per heavy atom. The summed E-state index contributed by atoms with van der Waals surface area (Å²) < 4.78 is 32.5. The minimum Gasteiger partial charge on any atom is -0.469 e. The van der Waals surface area contributed by atoms with Gasteiger partial charge in [0, 0.05) is 11.3 Å². The van der Waals surface area contributed by atoms with Gasteiger partial charge in [0.1, 0.15) is 0 Å². The first-order valence-corrected chi connectivity index (χ1v) is 10.2. The molecule has 1 aliphatic rings. The van der Waals surface area contributed by atoms with Gasteiger partial charge in [-0.25, -0.2) is 13.1 Å². The van der Waals surface area contributed by atoms with E-state index < -0.39 is 27.2 Å². The van der Waals surface area contributed by atoms with Crippen LogP contribution in [0.25, 0.3) is 0 Å². The third-order valence-electron chi connectivity index (χ3n) is 4.67. The van der Waals surface area contributed by atoms with Gasteiger partial charge in [0.15, 0.2) is 0 Å². The minimum absolute atomic E-state index is 0.0769. The Hall–Kier alpha value is -0.270. The molecule has 2 unspecified atom stereocenters. The topological polar surface area (TPSA) is 72.5 Å². The summed E-state index contributed by atoms with van der Waals surface area (Å²) in [6.07, 6.45) is 5.68. The molecule has 0 heterocycles. The van der Waals surface area contributed by atoms with Crippen molar-refractivity contribution in [3.05, 3.63) is 0 Å². The first-order valence-electron chi connectivity index (χ1n) is 7.47. The molecule has 1 rings (SSSR count). The number of rotatable bonds is 8. The van der Waals surface area contributed by atoms with Crippen molar-refractivity contribution in [1.29, 1.82) is 0 Å². The van der Waals surface area contributed by atoms with Gasteiger partial charge in [-0.2, -0.15) is 11.8 Å². The second kappa shape index (κ2) is 7.83. The van der Waals surface area contributed by atoms with Crippen LogP contribution in [0.4, 0.5) is 0 Å². The van der Waals surface area contributed by atoms with Gasteiger partial charge in [0.05, 0.1) is 18.3 Å². The second-order valence-electron chi connectivity index (χ2n) is 5.56. The zero-order chi connectivity index (χ0) is 16.1. The Morgan fingerprint density at radius 1 is 1.33 bits per heavy atom. The van der Waals surface area contributed by atoms with E-state index in [1.54, 1.807) is 11.8 Å². The quantitative estimate of drug-likeness (QED) is 0.687. The first kappa shape index (κ1) is 18.8. The van der Waals surface area contributed by atoms with Gasteiger partial charge in [0.2, 0.25) is 10.0 Å². The highest BCUT2D eigenvalue weighted by atomic mass is 32.2. The molecular formula is C14H27NO4S2. The Morgan fingerprint density at radius 2 is 1.95 bits per heavy atom. The van der Waals surface area contributed by atoms with E-state index in [1.165, 1.54) is 7.11 Å². The molecular weight excluding hydrogens is 310 g/mol. The van der Waals surface area contributed by atoms with Crippen LogP contribution in [0.1, 0.15) is 46.0 Å². The van der Waals surface area contributed by atoms with Crippen LogP contribution in [0.15, 0.2) is 0 Å². The predicted octanol–water partition coefficient (Wildman–Crippen LogP) is 2.17. The van der Waals surface area contributed by atoms with Crippen molar-refractivity contribution in [1.82, 2.24) is 4.72 Å². The van der Waals surface area contributed by atoms with E-state index in [0.29, 0.717) is 19.4 Å². The summed E-state index contributed by atoms with van der Waals surface area (Å²) in [4.78, 5) is 11.7. The first-order chi connectivity index (χ1) is 9.85. The number of carbonyl (C=O) groups is 1. The Balaban J connectivity index is 2.79. The van der Waals surface area contributed by atoms with Gasteiger partial charge < -0.3 is 4.74 Å². The van der Waals surface area contributed by atoms with Crippen LogP contribution in [-0.4, -0.2) is 44.3 Å². The lowest BCUT2D eigenvalue weighted by Gasteiger charge is -2.30. The molecule has 0 saturated heterocycles.